The van der Waals surface area contributed by atoms with Crippen LogP contribution < -0.4 is 15.5 Å². The lowest BCUT2D eigenvalue weighted by Gasteiger charge is -2.37. The van der Waals surface area contributed by atoms with Gasteiger partial charge in [0, 0.05) is 63.1 Å². The van der Waals surface area contributed by atoms with Crippen molar-refractivity contribution in [2.45, 2.75) is 50.5 Å². The Labute approximate surface area is 200 Å². The van der Waals surface area contributed by atoms with E-state index in [1.807, 2.05) is 0 Å². The number of methoxy groups -OCH3 is 1. The van der Waals surface area contributed by atoms with Crippen molar-refractivity contribution in [2.24, 2.45) is 4.99 Å². The maximum atomic E-state index is 14.1. The van der Waals surface area contributed by atoms with E-state index in [4.69, 9.17) is 24.2 Å². The number of carbonyl (C=O) groups is 1. The number of alkyl halides is 2. The van der Waals surface area contributed by atoms with Crippen molar-refractivity contribution in [2.75, 3.05) is 38.8 Å². The highest BCUT2D eigenvalue weighted by Crippen LogP contribution is 2.43. The first-order valence-corrected chi connectivity index (χ1v) is 11.8. The lowest BCUT2D eigenvalue weighted by Crippen LogP contribution is -2.52. The average molecular weight is 488 g/mol. The van der Waals surface area contributed by atoms with Gasteiger partial charge in [0.25, 0.3) is 5.91 Å². The number of nitrogens with one attached hydrogen (secondary N) is 1. The molecule has 0 atom stereocenters. The van der Waals surface area contributed by atoms with Gasteiger partial charge in [-0.3, -0.25) is 9.79 Å². The summed E-state index contributed by atoms with van der Waals surface area (Å²) < 4.78 is 46.8. The van der Waals surface area contributed by atoms with E-state index in [0.29, 0.717) is 56.1 Å². The molecular formula is C24H27F2N5O4. The molecule has 35 heavy (non-hydrogen) atoms. The number of benzene rings is 1. The van der Waals surface area contributed by atoms with Crippen molar-refractivity contribution in [3.05, 3.63) is 46.1 Å². The highest BCUT2D eigenvalue weighted by Gasteiger charge is 2.45. The van der Waals surface area contributed by atoms with Crippen LogP contribution in [-0.4, -0.2) is 59.4 Å². The lowest BCUT2D eigenvalue weighted by molar-refractivity contribution is -0.167. The molecular weight excluding hydrogens is 460 g/mol. The minimum atomic E-state index is -3.00. The normalized spacial score (nSPS) is 21.8. The SMILES string of the molecule is COC1(C(=O)N2Cc3c(n4c(nc3=NCc3cccc5c3OCC5(F)F)NCC4)C2)CCOCC1. The Morgan fingerprint density at radius 1 is 1.29 bits per heavy atom. The Balaban J connectivity index is 1.34. The molecule has 1 fully saturated rings. The molecule has 0 saturated carbocycles. The summed E-state index contributed by atoms with van der Waals surface area (Å²) >= 11 is 0. The molecule has 1 N–H and O–H groups in total. The van der Waals surface area contributed by atoms with E-state index in [1.165, 1.54) is 6.07 Å². The second kappa shape index (κ2) is 8.27. The Morgan fingerprint density at radius 3 is 2.91 bits per heavy atom. The van der Waals surface area contributed by atoms with Gasteiger partial charge in [-0.2, -0.15) is 13.8 Å². The fraction of sp³-hybridized carbons (Fsp3) is 0.542. The molecule has 1 aromatic carbocycles. The van der Waals surface area contributed by atoms with Crippen molar-refractivity contribution in [3.63, 3.8) is 0 Å². The van der Waals surface area contributed by atoms with Crippen molar-refractivity contribution in [1.82, 2.24) is 14.5 Å². The number of fused-ring (bicyclic) bond motifs is 4. The molecule has 0 radical (unpaired) electrons. The number of para-hydroxylation sites is 1. The van der Waals surface area contributed by atoms with Crippen LogP contribution in [0.4, 0.5) is 14.7 Å². The second-order valence-electron chi connectivity index (χ2n) is 9.34. The highest BCUT2D eigenvalue weighted by atomic mass is 19.3. The minimum Gasteiger partial charge on any atom is -0.486 e. The fourth-order valence-electron chi connectivity index (χ4n) is 5.41. The third kappa shape index (κ3) is 3.59. The van der Waals surface area contributed by atoms with Gasteiger partial charge in [-0.05, 0) is 6.07 Å². The fourth-order valence-corrected chi connectivity index (χ4v) is 5.41. The van der Waals surface area contributed by atoms with E-state index in [9.17, 15) is 13.6 Å². The van der Waals surface area contributed by atoms with Crippen LogP contribution in [0.15, 0.2) is 23.2 Å². The number of halogens is 2. The van der Waals surface area contributed by atoms with Crippen LogP contribution in [0.3, 0.4) is 0 Å². The van der Waals surface area contributed by atoms with Crippen LogP contribution in [0.2, 0.25) is 0 Å². The zero-order chi connectivity index (χ0) is 24.2. The number of aromatic nitrogens is 2. The van der Waals surface area contributed by atoms with Gasteiger partial charge in [-0.15, -0.1) is 0 Å². The van der Waals surface area contributed by atoms with Crippen LogP contribution >= 0.6 is 0 Å². The smallest absolute Gasteiger partial charge is 0.310 e. The number of hydrogen-bond acceptors (Lipinski definition) is 7. The van der Waals surface area contributed by atoms with Crippen LogP contribution in [0.1, 0.15) is 35.2 Å². The molecule has 5 heterocycles. The molecule has 6 rings (SSSR count). The lowest BCUT2D eigenvalue weighted by atomic mass is 9.92. The number of nitrogens with zero attached hydrogens (tertiary/aromatic N) is 4. The number of carbonyl (C=O) groups excluding carboxylic acids is 1. The van der Waals surface area contributed by atoms with E-state index in [1.54, 1.807) is 24.1 Å². The van der Waals surface area contributed by atoms with Crippen LogP contribution in [0.25, 0.3) is 0 Å². The third-order valence-corrected chi connectivity index (χ3v) is 7.38. The van der Waals surface area contributed by atoms with Gasteiger partial charge in [-0.1, -0.05) is 12.1 Å². The number of hydrogen-bond donors (Lipinski definition) is 1. The summed E-state index contributed by atoms with van der Waals surface area (Å²) in [6, 6.07) is 4.74. The van der Waals surface area contributed by atoms with Gasteiger partial charge < -0.3 is 29.0 Å². The summed E-state index contributed by atoms with van der Waals surface area (Å²) in [4.78, 5) is 24.8. The molecule has 1 saturated heterocycles. The highest BCUT2D eigenvalue weighted by molar-refractivity contribution is 5.86. The predicted octanol–water partition coefficient (Wildman–Crippen LogP) is 1.93. The summed E-state index contributed by atoms with van der Waals surface area (Å²) in [6.45, 7) is 2.77. The zero-order valence-electron chi connectivity index (χ0n) is 19.5. The molecule has 1 amide bonds. The molecule has 9 nitrogen and oxygen atoms in total. The zero-order valence-corrected chi connectivity index (χ0v) is 19.5. The number of rotatable bonds is 4. The molecule has 0 unspecified atom stereocenters. The van der Waals surface area contributed by atoms with E-state index >= 15 is 0 Å². The largest absolute Gasteiger partial charge is 0.486 e. The van der Waals surface area contributed by atoms with E-state index in [-0.39, 0.29) is 23.8 Å². The molecule has 2 aromatic rings. The number of amides is 1. The average Bonchev–Trinajstić information content (AvgIpc) is 3.59. The molecule has 4 aliphatic rings. The van der Waals surface area contributed by atoms with Crippen LogP contribution in [-0.2, 0) is 46.4 Å². The summed E-state index contributed by atoms with van der Waals surface area (Å²) in [6.07, 6.45) is 1.03. The molecule has 0 spiro atoms. The third-order valence-electron chi connectivity index (χ3n) is 7.38. The van der Waals surface area contributed by atoms with Gasteiger partial charge in [0.2, 0.25) is 5.95 Å². The quantitative estimate of drug-likeness (QED) is 0.709. The molecule has 0 aliphatic carbocycles. The summed E-state index contributed by atoms with van der Waals surface area (Å²) in [5.74, 6) is -2.15. The van der Waals surface area contributed by atoms with E-state index in [0.717, 1.165) is 24.3 Å². The monoisotopic (exact) mass is 487 g/mol. The first-order chi connectivity index (χ1) is 16.9. The van der Waals surface area contributed by atoms with Crippen molar-refractivity contribution in [3.8, 4) is 5.75 Å². The molecule has 1 aromatic heterocycles. The van der Waals surface area contributed by atoms with Crippen LogP contribution in [0.5, 0.6) is 5.75 Å². The standard InChI is InChI=1S/C24H27F2N5O4/c1-33-23(5-9-34-10-6-23)21(32)30-12-16-18(13-30)31-8-7-27-22(31)29-20(16)28-11-15-3-2-4-17-19(15)35-14-24(17,25)26/h2-4H,5-14H2,1H3,(H,27,28,29). The van der Waals surface area contributed by atoms with Gasteiger partial charge in [0.1, 0.15) is 5.75 Å². The van der Waals surface area contributed by atoms with Gasteiger partial charge in [-0.25, -0.2) is 0 Å². The molecule has 186 valence electrons. The van der Waals surface area contributed by atoms with Crippen LogP contribution in [0, 0.1) is 0 Å². The second-order valence-corrected chi connectivity index (χ2v) is 9.34. The molecule has 0 bridgehead atoms. The Bertz CT molecular complexity index is 1260. The Kier molecular flexibility index (Phi) is 5.29. The van der Waals surface area contributed by atoms with Gasteiger partial charge in [0.15, 0.2) is 17.7 Å². The summed E-state index contributed by atoms with van der Waals surface area (Å²) in [5, 5.41) is 3.27. The first kappa shape index (κ1) is 22.4. The Morgan fingerprint density at radius 2 is 2.11 bits per heavy atom. The summed E-state index contributed by atoms with van der Waals surface area (Å²) in [7, 11) is 1.58. The predicted molar refractivity (Wildman–Crippen MR) is 120 cm³/mol. The van der Waals surface area contributed by atoms with Crippen molar-refractivity contribution >= 4 is 11.9 Å². The van der Waals surface area contributed by atoms with Gasteiger partial charge in [0.05, 0.1) is 25.2 Å². The molecule has 11 heteroatoms. The first-order valence-electron chi connectivity index (χ1n) is 11.8. The van der Waals surface area contributed by atoms with Crippen molar-refractivity contribution < 1.29 is 27.8 Å². The van der Waals surface area contributed by atoms with Crippen molar-refractivity contribution in [1.29, 1.82) is 0 Å². The topological polar surface area (TPSA) is 90.2 Å². The summed E-state index contributed by atoms with van der Waals surface area (Å²) in [5.41, 5.74) is 1.98. The van der Waals surface area contributed by atoms with E-state index in [2.05, 4.69) is 9.88 Å². The maximum absolute atomic E-state index is 14.1. The molecule has 4 aliphatic heterocycles. The Hall–Kier alpha value is -3.05. The number of anilines is 1. The van der Waals surface area contributed by atoms with Gasteiger partial charge >= 0.3 is 5.92 Å². The minimum absolute atomic E-state index is 0.0535. The van der Waals surface area contributed by atoms with E-state index < -0.39 is 18.1 Å². The number of ether oxygens (including phenoxy) is 3. The maximum Gasteiger partial charge on any atom is 0.310 e.